The van der Waals surface area contributed by atoms with Gasteiger partial charge in [0.1, 0.15) is 5.60 Å². The van der Waals surface area contributed by atoms with E-state index < -0.39 is 5.60 Å². The molecule has 0 aliphatic carbocycles. The maximum atomic E-state index is 11.5. The number of nitrogens with zero attached hydrogens (tertiary/aromatic N) is 1. The van der Waals surface area contributed by atoms with E-state index in [1.54, 1.807) is 0 Å². The van der Waals surface area contributed by atoms with Gasteiger partial charge in [-0.1, -0.05) is 12.2 Å². The molecule has 0 spiro atoms. The second-order valence-electron chi connectivity index (χ2n) is 7.52. The monoisotopic (exact) mass is 325 g/mol. The summed E-state index contributed by atoms with van der Waals surface area (Å²) in [5.74, 6) is 0. The Balaban J connectivity index is 2.13. The largest absolute Gasteiger partial charge is 0.444 e. The first-order valence-electron chi connectivity index (χ1n) is 8.87. The number of ether oxygens (including phenoxy) is 1. The van der Waals surface area contributed by atoms with Crippen LogP contribution in [0, 0.1) is 0 Å². The molecule has 1 amide bonds. The molecule has 2 N–H and O–H groups in total. The van der Waals surface area contributed by atoms with E-state index in [1.165, 1.54) is 32.4 Å². The number of carbonyl (C=O) groups excluding carboxylic acids is 1. The molecular formula is C18H35N3O2. The summed E-state index contributed by atoms with van der Waals surface area (Å²) < 4.78 is 5.18. The number of alkyl carbamates (subject to hydrolysis) is 1. The number of carbonyl (C=O) groups is 1. The van der Waals surface area contributed by atoms with Crippen molar-refractivity contribution in [3.05, 3.63) is 12.2 Å². The average Bonchev–Trinajstić information content (AvgIpc) is 2.66. The van der Waals surface area contributed by atoms with Crippen molar-refractivity contribution in [2.24, 2.45) is 0 Å². The lowest BCUT2D eigenvalue weighted by Crippen LogP contribution is -2.34. The van der Waals surface area contributed by atoms with Crippen molar-refractivity contribution >= 4 is 6.09 Å². The van der Waals surface area contributed by atoms with Gasteiger partial charge in [-0.25, -0.2) is 4.79 Å². The highest BCUT2D eigenvalue weighted by Gasteiger charge is 2.17. The van der Waals surface area contributed by atoms with E-state index in [9.17, 15) is 4.79 Å². The van der Waals surface area contributed by atoms with Crippen LogP contribution in [0.15, 0.2) is 12.2 Å². The highest BCUT2D eigenvalue weighted by Crippen LogP contribution is 2.13. The van der Waals surface area contributed by atoms with E-state index in [-0.39, 0.29) is 6.09 Å². The van der Waals surface area contributed by atoms with Crippen LogP contribution in [-0.2, 0) is 4.74 Å². The standard InChI is InChI=1S/C18H35N3O2/c1-15(2)21-13-8-9-16(10-14-21)19-11-6-7-12-20-17(22)23-18(3,4)5/h6-7,15-16,19H,8-14H2,1-5H3,(H,20,22)/b7-6+. The second-order valence-corrected chi connectivity index (χ2v) is 7.52. The summed E-state index contributed by atoms with van der Waals surface area (Å²) in [6, 6.07) is 1.25. The summed E-state index contributed by atoms with van der Waals surface area (Å²) in [7, 11) is 0. The number of hydrogen-bond donors (Lipinski definition) is 2. The minimum absolute atomic E-state index is 0.368. The van der Waals surface area contributed by atoms with Gasteiger partial charge in [0.15, 0.2) is 0 Å². The van der Waals surface area contributed by atoms with E-state index in [0.29, 0.717) is 18.6 Å². The summed E-state index contributed by atoms with van der Waals surface area (Å²) in [5.41, 5.74) is -0.446. The summed E-state index contributed by atoms with van der Waals surface area (Å²) in [6.45, 7) is 13.9. The molecular weight excluding hydrogens is 290 g/mol. The number of likely N-dealkylation sites (tertiary alicyclic amines) is 1. The van der Waals surface area contributed by atoms with Crippen molar-refractivity contribution in [3.63, 3.8) is 0 Å². The van der Waals surface area contributed by atoms with Gasteiger partial charge in [0.05, 0.1) is 0 Å². The van der Waals surface area contributed by atoms with Gasteiger partial charge in [-0.15, -0.1) is 0 Å². The normalized spacial score (nSPS) is 20.7. The topological polar surface area (TPSA) is 53.6 Å². The summed E-state index contributed by atoms with van der Waals surface area (Å²) in [4.78, 5) is 14.0. The Morgan fingerprint density at radius 2 is 1.91 bits per heavy atom. The summed E-state index contributed by atoms with van der Waals surface area (Å²) >= 11 is 0. The van der Waals surface area contributed by atoms with Crippen LogP contribution in [0.2, 0.25) is 0 Å². The van der Waals surface area contributed by atoms with Crippen molar-refractivity contribution in [3.8, 4) is 0 Å². The molecule has 1 heterocycles. The van der Waals surface area contributed by atoms with E-state index in [4.69, 9.17) is 4.74 Å². The average molecular weight is 325 g/mol. The summed E-state index contributed by atoms with van der Waals surface area (Å²) in [5, 5.41) is 6.31. The number of hydrogen-bond acceptors (Lipinski definition) is 4. The third-order valence-electron chi connectivity index (χ3n) is 3.95. The van der Waals surface area contributed by atoms with Gasteiger partial charge in [0.25, 0.3) is 0 Å². The molecule has 1 rings (SSSR count). The molecule has 1 saturated heterocycles. The highest BCUT2D eigenvalue weighted by atomic mass is 16.6. The lowest BCUT2D eigenvalue weighted by Gasteiger charge is -2.24. The van der Waals surface area contributed by atoms with Crippen molar-refractivity contribution in [2.45, 2.75) is 71.6 Å². The first kappa shape index (κ1) is 20.0. The molecule has 1 fully saturated rings. The fourth-order valence-electron chi connectivity index (χ4n) is 2.70. The smallest absolute Gasteiger partial charge is 0.407 e. The maximum absolute atomic E-state index is 11.5. The Morgan fingerprint density at radius 1 is 1.22 bits per heavy atom. The van der Waals surface area contributed by atoms with E-state index in [0.717, 1.165) is 6.54 Å². The molecule has 5 heteroatoms. The lowest BCUT2D eigenvalue weighted by molar-refractivity contribution is 0.0534. The predicted molar refractivity (Wildman–Crippen MR) is 95.7 cm³/mol. The van der Waals surface area contributed by atoms with Gasteiger partial charge >= 0.3 is 6.09 Å². The molecule has 1 atom stereocenters. The molecule has 0 aromatic rings. The molecule has 23 heavy (non-hydrogen) atoms. The summed E-state index contributed by atoms with van der Waals surface area (Å²) in [6.07, 6.45) is 7.39. The van der Waals surface area contributed by atoms with Crippen LogP contribution in [0.1, 0.15) is 53.9 Å². The molecule has 0 aromatic heterocycles. The van der Waals surface area contributed by atoms with Crippen molar-refractivity contribution < 1.29 is 9.53 Å². The van der Waals surface area contributed by atoms with Crippen LogP contribution in [0.3, 0.4) is 0 Å². The third kappa shape index (κ3) is 9.61. The van der Waals surface area contributed by atoms with E-state index >= 15 is 0 Å². The van der Waals surface area contributed by atoms with Gasteiger partial charge in [0.2, 0.25) is 0 Å². The fourth-order valence-corrected chi connectivity index (χ4v) is 2.70. The minimum atomic E-state index is -0.446. The quantitative estimate of drug-likeness (QED) is 0.737. The Bertz CT molecular complexity index is 375. The zero-order valence-corrected chi connectivity index (χ0v) is 15.5. The first-order valence-corrected chi connectivity index (χ1v) is 8.87. The first-order chi connectivity index (χ1) is 10.8. The minimum Gasteiger partial charge on any atom is -0.444 e. The van der Waals surface area contributed by atoms with Crippen molar-refractivity contribution in [1.29, 1.82) is 0 Å². The van der Waals surface area contributed by atoms with Crippen LogP contribution < -0.4 is 10.6 Å². The molecule has 0 aromatic carbocycles. The van der Waals surface area contributed by atoms with Gasteiger partial charge in [-0.2, -0.15) is 0 Å². The SMILES string of the molecule is CC(C)N1CCCC(NC/C=C/CNC(=O)OC(C)(C)C)CC1. The van der Waals surface area contributed by atoms with Gasteiger partial charge < -0.3 is 20.3 Å². The number of nitrogens with one attached hydrogen (secondary N) is 2. The van der Waals surface area contributed by atoms with Crippen LogP contribution in [0.25, 0.3) is 0 Å². The molecule has 5 nitrogen and oxygen atoms in total. The fraction of sp³-hybridized carbons (Fsp3) is 0.833. The maximum Gasteiger partial charge on any atom is 0.407 e. The lowest BCUT2D eigenvalue weighted by atomic mass is 10.1. The number of rotatable bonds is 6. The molecule has 134 valence electrons. The Morgan fingerprint density at radius 3 is 2.57 bits per heavy atom. The Kier molecular flexibility index (Phi) is 8.63. The van der Waals surface area contributed by atoms with Crippen molar-refractivity contribution in [2.75, 3.05) is 26.2 Å². The highest BCUT2D eigenvalue weighted by molar-refractivity contribution is 5.67. The van der Waals surface area contributed by atoms with E-state index in [2.05, 4.69) is 35.5 Å². The molecule has 0 bridgehead atoms. The molecule has 1 unspecified atom stereocenters. The van der Waals surface area contributed by atoms with Crippen LogP contribution >= 0.6 is 0 Å². The van der Waals surface area contributed by atoms with Crippen LogP contribution in [0.5, 0.6) is 0 Å². The van der Waals surface area contributed by atoms with E-state index in [1.807, 2.05) is 26.8 Å². The van der Waals surface area contributed by atoms with Gasteiger partial charge in [-0.05, 0) is 67.0 Å². The zero-order chi connectivity index (χ0) is 17.3. The molecule has 1 aliphatic heterocycles. The molecule has 1 aliphatic rings. The molecule has 0 saturated carbocycles. The Hall–Kier alpha value is -1.07. The zero-order valence-electron chi connectivity index (χ0n) is 15.5. The Labute approximate surface area is 141 Å². The van der Waals surface area contributed by atoms with Crippen LogP contribution in [-0.4, -0.2) is 54.9 Å². The number of amides is 1. The third-order valence-corrected chi connectivity index (χ3v) is 3.95. The predicted octanol–water partition coefficient (Wildman–Crippen LogP) is 2.92. The van der Waals surface area contributed by atoms with Gasteiger partial charge in [0, 0.05) is 25.2 Å². The second kappa shape index (κ2) is 9.93. The van der Waals surface area contributed by atoms with Gasteiger partial charge in [-0.3, -0.25) is 0 Å². The molecule has 0 radical (unpaired) electrons. The van der Waals surface area contributed by atoms with Crippen LogP contribution in [0.4, 0.5) is 4.79 Å². The van der Waals surface area contributed by atoms with Crippen molar-refractivity contribution in [1.82, 2.24) is 15.5 Å².